The van der Waals surface area contributed by atoms with E-state index < -0.39 is 12.0 Å². The fourth-order valence-electron chi connectivity index (χ4n) is 2.02. The third-order valence-corrected chi connectivity index (χ3v) is 3.35. The van der Waals surface area contributed by atoms with Gasteiger partial charge in [0.05, 0.1) is 0 Å². The maximum Gasteiger partial charge on any atom is 1.00 e. The summed E-state index contributed by atoms with van der Waals surface area (Å²) < 4.78 is 0. The molecule has 110 valence electrons. The molecule has 0 aromatic rings. The number of carboxylic acid groups (broad SMARTS) is 1. The minimum atomic E-state index is -0.762. The van der Waals surface area contributed by atoms with E-state index in [0.717, 1.165) is 13.0 Å². The molecule has 3 nitrogen and oxygen atoms in total. The van der Waals surface area contributed by atoms with Crippen LogP contribution in [0.1, 0.15) is 79.5 Å². The average molecular weight is 298 g/mol. The maximum atomic E-state index is 10.5. The van der Waals surface area contributed by atoms with Crippen LogP contribution in [-0.2, 0) is 4.79 Å². The summed E-state index contributed by atoms with van der Waals surface area (Å²) in [5, 5.41) is 11.7. The van der Waals surface area contributed by atoms with Crippen molar-refractivity contribution >= 4 is 5.97 Å². The zero-order valence-electron chi connectivity index (χ0n) is 14.2. The van der Waals surface area contributed by atoms with Crippen LogP contribution in [0.2, 0.25) is 0 Å². The van der Waals surface area contributed by atoms with Crippen molar-refractivity contribution in [1.29, 1.82) is 0 Å². The Morgan fingerprint density at radius 1 is 1.00 bits per heavy atom. The quantitative estimate of drug-likeness (QED) is 0.395. The molecule has 1 atom stereocenters. The number of rotatable bonds is 13. The molecule has 0 unspecified atom stereocenters. The molecule has 0 aliphatic rings. The van der Waals surface area contributed by atoms with Crippen LogP contribution in [0.15, 0.2) is 0 Å². The van der Waals surface area contributed by atoms with Gasteiger partial charge in [0.25, 0.3) is 0 Å². The topological polar surface area (TPSA) is 49.3 Å². The van der Waals surface area contributed by atoms with Crippen molar-refractivity contribution in [3.63, 3.8) is 0 Å². The van der Waals surface area contributed by atoms with Gasteiger partial charge in [-0.3, -0.25) is 4.79 Å². The van der Waals surface area contributed by atoms with Gasteiger partial charge < -0.3 is 11.8 Å². The Balaban J connectivity index is -0.00000144. The molecule has 0 aliphatic carbocycles. The largest absolute Gasteiger partial charge is 1.00 e. The Labute approximate surface area is 163 Å². The number of unbranched alkanes of at least 4 members (excludes halogenated alkanes) is 9. The third-order valence-electron chi connectivity index (χ3n) is 3.35. The van der Waals surface area contributed by atoms with Gasteiger partial charge in [0.2, 0.25) is 0 Å². The van der Waals surface area contributed by atoms with Gasteiger partial charge >= 0.3 is 57.4 Å². The second-order valence-electron chi connectivity index (χ2n) is 5.20. The predicted octanol–water partition coefficient (Wildman–Crippen LogP) is 1.09. The van der Waals surface area contributed by atoms with E-state index in [2.05, 4.69) is 12.2 Å². The minimum Gasteiger partial charge on any atom is -1.00 e. The van der Waals surface area contributed by atoms with E-state index in [1.807, 2.05) is 0 Å². The molecule has 0 aromatic carbocycles. The van der Waals surface area contributed by atoms with Gasteiger partial charge in [-0.15, -0.1) is 0 Å². The molecule has 0 saturated heterocycles. The second kappa shape index (κ2) is 17.1. The zero-order chi connectivity index (χ0) is 13.6. The van der Waals surface area contributed by atoms with Gasteiger partial charge in [0.15, 0.2) is 0 Å². The van der Waals surface area contributed by atoms with Crippen LogP contribution in [0.3, 0.4) is 0 Å². The fraction of sp³-hybridized carbons (Fsp3) is 0.933. The van der Waals surface area contributed by atoms with Crippen molar-refractivity contribution in [3.8, 4) is 0 Å². The Bertz CT molecular complexity index is 206. The molecule has 0 aromatic heterocycles. The van der Waals surface area contributed by atoms with Gasteiger partial charge in [-0.05, 0) is 19.9 Å². The van der Waals surface area contributed by atoms with E-state index in [9.17, 15) is 4.79 Å². The first-order chi connectivity index (χ1) is 8.68. The summed E-state index contributed by atoms with van der Waals surface area (Å²) in [7, 11) is 0. The van der Waals surface area contributed by atoms with E-state index >= 15 is 0 Å². The number of hydrogen-bond donors (Lipinski definition) is 2. The molecule has 0 heterocycles. The number of aliphatic carboxylic acids is 1. The zero-order valence-corrected chi connectivity index (χ0v) is 16.3. The molecule has 0 bridgehead atoms. The van der Waals surface area contributed by atoms with Crippen LogP contribution in [0.25, 0.3) is 0 Å². The molecule has 0 saturated carbocycles. The normalized spacial score (nSPS) is 11.9. The van der Waals surface area contributed by atoms with Crippen LogP contribution < -0.4 is 56.7 Å². The minimum absolute atomic E-state index is 0. The van der Waals surface area contributed by atoms with Gasteiger partial charge in [-0.25, -0.2) is 0 Å². The summed E-state index contributed by atoms with van der Waals surface area (Å²) in [6.07, 6.45) is 13.2. The molecule has 0 spiro atoms. The van der Waals surface area contributed by atoms with E-state index in [4.69, 9.17) is 5.11 Å². The second-order valence-corrected chi connectivity index (χ2v) is 5.20. The number of nitrogens with one attached hydrogen (secondary N) is 1. The number of carbonyl (C=O) groups is 1. The van der Waals surface area contributed by atoms with Crippen LogP contribution >= 0.6 is 0 Å². The first-order valence-electron chi connectivity index (χ1n) is 7.64. The molecule has 0 rings (SSSR count). The fourth-order valence-corrected chi connectivity index (χ4v) is 2.02. The number of carboxylic acids is 1. The summed E-state index contributed by atoms with van der Waals surface area (Å²) in [5.41, 5.74) is 0. The molecule has 0 aliphatic heterocycles. The summed E-state index contributed by atoms with van der Waals surface area (Å²) in [6.45, 7) is 4.77. The van der Waals surface area contributed by atoms with Crippen molar-refractivity contribution in [2.24, 2.45) is 0 Å². The van der Waals surface area contributed by atoms with Gasteiger partial charge in [-0.1, -0.05) is 64.7 Å². The van der Waals surface area contributed by atoms with Crippen LogP contribution in [0, 0.1) is 0 Å². The summed E-state index contributed by atoms with van der Waals surface area (Å²) in [5.74, 6) is -0.762. The average Bonchev–Trinajstić information content (AvgIpc) is 2.35. The smallest absolute Gasteiger partial charge is 1.00 e. The Kier molecular flexibility index (Phi) is 20.1. The third kappa shape index (κ3) is 17.0. The van der Waals surface area contributed by atoms with Crippen molar-refractivity contribution in [1.82, 2.24) is 5.32 Å². The van der Waals surface area contributed by atoms with Gasteiger partial charge in [0.1, 0.15) is 6.04 Å². The molecule has 0 radical (unpaired) electrons. The summed E-state index contributed by atoms with van der Waals surface area (Å²) in [4.78, 5) is 10.5. The monoisotopic (exact) mass is 297 g/mol. The van der Waals surface area contributed by atoms with Gasteiger partial charge in [0, 0.05) is 0 Å². The summed E-state index contributed by atoms with van der Waals surface area (Å²) >= 11 is 0. The maximum absolute atomic E-state index is 10.5. The molecule has 0 amide bonds. The number of hydrogen-bond acceptors (Lipinski definition) is 2. The van der Waals surface area contributed by atoms with E-state index in [0.29, 0.717) is 0 Å². The molecular weight excluding hydrogens is 265 g/mol. The van der Waals surface area contributed by atoms with Crippen molar-refractivity contribution < 1.29 is 62.7 Å². The molecular formula is C15H32KNO2. The first-order valence-corrected chi connectivity index (χ1v) is 7.64. The van der Waals surface area contributed by atoms with Crippen LogP contribution in [0.5, 0.6) is 0 Å². The first kappa shape index (κ1) is 22.3. The Morgan fingerprint density at radius 3 is 1.84 bits per heavy atom. The van der Waals surface area contributed by atoms with Crippen LogP contribution in [-0.4, -0.2) is 23.7 Å². The molecule has 19 heavy (non-hydrogen) atoms. The molecule has 2 N–H and O–H groups in total. The predicted molar refractivity (Wildman–Crippen MR) is 78.1 cm³/mol. The summed E-state index contributed by atoms with van der Waals surface area (Å²) in [6, 6.07) is -0.413. The Hall–Kier alpha value is 1.07. The van der Waals surface area contributed by atoms with Crippen molar-refractivity contribution in [2.45, 2.75) is 84.1 Å². The van der Waals surface area contributed by atoms with E-state index in [1.165, 1.54) is 57.8 Å². The Morgan fingerprint density at radius 2 is 1.42 bits per heavy atom. The van der Waals surface area contributed by atoms with Crippen molar-refractivity contribution in [2.75, 3.05) is 6.54 Å². The van der Waals surface area contributed by atoms with Crippen LogP contribution in [0.4, 0.5) is 0 Å². The molecule has 0 fully saturated rings. The van der Waals surface area contributed by atoms with Gasteiger partial charge in [-0.2, -0.15) is 0 Å². The van der Waals surface area contributed by atoms with E-state index in [-0.39, 0.29) is 52.8 Å². The SMILES string of the molecule is CCCCCCCCCCCCN[C@@H](C)C(=O)O.[H-].[K+]. The van der Waals surface area contributed by atoms with E-state index in [1.54, 1.807) is 6.92 Å². The standard InChI is InChI=1S/C15H31NO2.K.H/c1-3-4-5-6-7-8-9-10-11-12-13-16-14(2)15(17)18;;/h14,16H,3-13H2,1-2H3,(H,17,18);;/q;+1;-1/t14-;;/m0../s1. The molecule has 4 heteroatoms. The van der Waals surface area contributed by atoms with Crippen molar-refractivity contribution in [3.05, 3.63) is 0 Å².